The van der Waals surface area contributed by atoms with Crippen molar-refractivity contribution in [1.82, 2.24) is 39.4 Å². The largest absolute Gasteiger partial charge is 0.495 e. The van der Waals surface area contributed by atoms with Gasteiger partial charge in [0.15, 0.2) is 17.3 Å². The van der Waals surface area contributed by atoms with Crippen LogP contribution in [0.25, 0.3) is 27.6 Å². The Labute approximate surface area is 228 Å². The Morgan fingerprint density at radius 2 is 2.10 bits per heavy atom. The smallest absolute Gasteiger partial charge is 0.274 e. The number of carbonyl (C=O) groups excluding carboxylic acids is 1. The highest BCUT2D eigenvalue weighted by Crippen LogP contribution is 2.32. The molecule has 6 rings (SSSR count). The number of benzene rings is 1. The number of pyridine rings is 1. The molecule has 0 saturated carbocycles. The van der Waals surface area contributed by atoms with Gasteiger partial charge in [0.25, 0.3) is 5.91 Å². The molecule has 3 N–H and O–H groups in total. The first kappa shape index (κ1) is 25.0. The van der Waals surface area contributed by atoms with Gasteiger partial charge in [-0.1, -0.05) is 17.7 Å². The molecule has 5 heterocycles. The number of aromatic nitrogens is 7. The highest BCUT2D eigenvalue weighted by atomic mass is 35.5. The molecule has 1 atom stereocenters. The van der Waals surface area contributed by atoms with Crippen LogP contribution < -0.4 is 15.8 Å². The van der Waals surface area contributed by atoms with Crippen molar-refractivity contribution in [2.45, 2.75) is 32.5 Å². The number of halogens is 1. The van der Waals surface area contributed by atoms with Gasteiger partial charge in [-0.3, -0.25) is 9.36 Å². The molecule has 1 saturated heterocycles. The fourth-order valence-electron chi connectivity index (χ4n) is 4.89. The van der Waals surface area contributed by atoms with Crippen LogP contribution in [0.2, 0.25) is 5.02 Å². The topological polar surface area (TPSA) is 142 Å². The molecule has 12 nitrogen and oxygen atoms in total. The number of hydrogen-bond acceptors (Lipinski definition) is 9. The Balaban J connectivity index is 1.40. The van der Waals surface area contributed by atoms with Crippen molar-refractivity contribution >= 4 is 45.1 Å². The fraction of sp³-hybridized carbons (Fsp3) is 0.308. The van der Waals surface area contributed by atoms with Crippen molar-refractivity contribution in [2.24, 2.45) is 5.73 Å². The van der Waals surface area contributed by atoms with Crippen molar-refractivity contribution in [3.05, 3.63) is 59.4 Å². The monoisotopic (exact) mass is 546 g/mol. The first-order chi connectivity index (χ1) is 19.0. The van der Waals surface area contributed by atoms with E-state index in [-0.39, 0.29) is 11.9 Å². The summed E-state index contributed by atoms with van der Waals surface area (Å²) in [6, 6.07) is 5.61. The summed E-state index contributed by atoms with van der Waals surface area (Å²) in [5, 5.41) is 19.9. The third-order valence-corrected chi connectivity index (χ3v) is 7.22. The van der Waals surface area contributed by atoms with Crippen LogP contribution in [0.1, 0.15) is 29.4 Å². The number of ether oxygens (including phenoxy) is 1. The summed E-state index contributed by atoms with van der Waals surface area (Å²) < 4.78 is 8.79. The Kier molecular flexibility index (Phi) is 6.49. The van der Waals surface area contributed by atoms with E-state index in [1.165, 1.54) is 0 Å². The van der Waals surface area contributed by atoms with Gasteiger partial charge in [-0.2, -0.15) is 5.10 Å². The summed E-state index contributed by atoms with van der Waals surface area (Å²) in [4.78, 5) is 23.7. The van der Waals surface area contributed by atoms with Gasteiger partial charge in [0.2, 0.25) is 0 Å². The van der Waals surface area contributed by atoms with Crippen molar-refractivity contribution in [3.63, 3.8) is 0 Å². The Bertz CT molecular complexity index is 1700. The Hall–Kier alpha value is -4.29. The minimum Gasteiger partial charge on any atom is -0.495 e. The summed E-state index contributed by atoms with van der Waals surface area (Å²) in [6.07, 6.45) is 7.56. The summed E-state index contributed by atoms with van der Waals surface area (Å²) in [5.74, 6) is 1.54. The van der Waals surface area contributed by atoms with Gasteiger partial charge in [-0.05, 0) is 31.0 Å². The molecule has 1 aliphatic rings. The van der Waals surface area contributed by atoms with E-state index < -0.39 is 0 Å². The molecule has 5 aromatic rings. The number of methoxy groups -OCH3 is 1. The van der Waals surface area contributed by atoms with Crippen LogP contribution in [0.3, 0.4) is 0 Å². The van der Waals surface area contributed by atoms with Crippen LogP contribution in [0.5, 0.6) is 5.75 Å². The zero-order valence-electron chi connectivity index (χ0n) is 21.5. The SMILES string of the molecule is CCn1ncc2c3c(NCc4ccc(OC)c(Cl)c4)nnc(-n4cnc(C(=O)N5CC[C@H](N)C5)c4)c3cnc21. The Morgan fingerprint density at radius 3 is 2.85 bits per heavy atom. The first-order valence-corrected chi connectivity index (χ1v) is 13.0. The maximum atomic E-state index is 13.0. The van der Waals surface area contributed by atoms with Crippen molar-refractivity contribution in [2.75, 3.05) is 25.5 Å². The van der Waals surface area contributed by atoms with E-state index >= 15 is 0 Å². The van der Waals surface area contributed by atoms with E-state index in [9.17, 15) is 4.79 Å². The van der Waals surface area contributed by atoms with Crippen molar-refractivity contribution in [1.29, 1.82) is 0 Å². The van der Waals surface area contributed by atoms with Crippen LogP contribution in [0.15, 0.2) is 43.1 Å². The average Bonchev–Trinajstić information content (AvgIpc) is 3.71. The first-order valence-electron chi connectivity index (χ1n) is 12.6. The van der Waals surface area contributed by atoms with Crippen molar-refractivity contribution < 1.29 is 9.53 Å². The number of nitrogens with two attached hydrogens (primary N) is 1. The predicted octanol–water partition coefficient (Wildman–Crippen LogP) is 3.03. The molecule has 0 aliphatic carbocycles. The normalized spacial score (nSPS) is 15.4. The molecule has 4 aromatic heterocycles. The molecular formula is C26H27ClN10O2. The van der Waals surface area contributed by atoms with Gasteiger partial charge in [-0.25, -0.2) is 14.6 Å². The molecule has 0 bridgehead atoms. The third kappa shape index (κ3) is 4.51. The van der Waals surface area contributed by atoms with Crippen LogP contribution in [0, 0.1) is 0 Å². The summed E-state index contributed by atoms with van der Waals surface area (Å²) in [6.45, 7) is 4.29. The molecule has 0 spiro atoms. The van der Waals surface area contributed by atoms with Crippen LogP contribution in [0.4, 0.5) is 5.82 Å². The second kappa shape index (κ2) is 10.1. The predicted molar refractivity (Wildman–Crippen MR) is 147 cm³/mol. The number of anilines is 1. The summed E-state index contributed by atoms with van der Waals surface area (Å²) >= 11 is 6.32. The van der Waals surface area contributed by atoms with E-state index in [0.717, 1.165) is 33.8 Å². The maximum absolute atomic E-state index is 13.0. The number of nitrogens with zero attached hydrogens (tertiary/aromatic N) is 8. The lowest BCUT2D eigenvalue weighted by atomic mass is 10.1. The zero-order valence-corrected chi connectivity index (χ0v) is 22.3. The lowest BCUT2D eigenvalue weighted by Crippen LogP contribution is -2.32. The van der Waals surface area contributed by atoms with Gasteiger partial charge in [0, 0.05) is 55.4 Å². The Morgan fingerprint density at radius 1 is 1.23 bits per heavy atom. The molecule has 1 fully saturated rings. The van der Waals surface area contributed by atoms with E-state index in [2.05, 4.69) is 30.6 Å². The molecule has 1 aromatic carbocycles. The average molecular weight is 547 g/mol. The minimum atomic E-state index is -0.153. The van der Waals surface area contributed by atoms with Crippen LogP contribution in [-0.4, -0.2) is 71.6 Å². The number of hydrogen-bond donors (Lipinski definition) is 2. The van der Waals surface area contributed by atoms with Gasteiger partial charge < -0.3 is 20.7 Å². The van der Waals surface area contributed by atoms with Gasteiger partial charge in [0.1, 0.15) is 17.8 Å². The number of fused-ring (bicyclic) bond motifs is 3. The molecule has 0 unspecified atom stereocenters. The lowest BCUT2D eigenvalue weighted by Gasteiger charge is -2.14. The van der Waals surface area contributed by atoms with E-state index in [1.54, 1.807) is 41.5 Å². The van der Waals surface area contributed by atoms with Crippen LogP contribution in [-0.2, 0) is 13.1 Å². The second-order valence-corrected chi connectivity index (χ2v) is 9.81. The second-order valence-electron chi connectivity index (χ2n) is 9.41. The molecular weight excluding hydrogens is 520 g/mol. The number of likely N-dealkylation sites (tertiary alicyclic amines) is 1. The number of amides is 1. The summed E-state index contributed by atoms with van der Waals surface area (Å²) in [7, 11) is 1.58. The van der Waals surface area contributed by atoms with Gasteiger partial charge in [0.05, 0.1) is 23.7 Å². The number of nitrogens with one attached hydrogen (secondary N) is 1. The highest BCUT2D eigenvalue weighted by molar-refractivity contribution is 6.32. The molecule has 200 valence electrons. The third-order valence-electron chi connectivity index (χ3n) is 6.92. The number of aryl methyl sites for hydroxylation is 1. The van der Waals surface area contributed by atoms with Gasteiger partial charge in [-0.15, -0.1) is 10.2 Å². The van der Waals surface area contributed by atoms with E-state index in [0.29, 0.717) is 54.3 Å². The number of rotatable bonds is 7. The number of carbonyl (C=O) groups is 1. The van der Waals surface area contributed by atoms with Crippen molar-refractivity contribution in [3.8, 4) is 11.6 Å². The lowest BCUT2D eigenvalue weighted by molar-refractivity contribution is 0.0785. The molecule has 1 aliphatic heterocycles. The highest BCUT2D eigenvalue weighted by Gasteiger charge is 2.26. The van der Waals surface area contributed by atoms with Gasteiger partial charge >= 0.3 is 0 Å². The molecule has 39 heavy (non-hydrogen) atoms. The zero-order chi connectivity index (χ0) is 27.1. The quantitative estimate of drug-likeness (QED) is 0.315. The number of imidazole rings is 1. The van der Waals surface area contributed by atoms with Crippen LogP contribution >= 0.6 is 11.6 Å². The minimum absolute atomic E-state index is 0.00245. The molecule has 13 heteroatoms. The van der Waals surface area contributed by atoms with E-state index in [1.807, 2.05) is 29.8 Å². The fourth-order valence-corrected chi connectivity index (χ4v) is 5.17. The van der Waals surface area contributed by atoms with E-state index in [4.69, 9.17) is 22.1 Å². The summed E-state index contributed by atoms with van der Waals surface area (Å²) in [5.41, 5.74) is 8.00. The maximum Gasteiger partial charge on any atom is 0.274 e. The molecule has 1 amide bonds. The molecule has 0 radical (unpaired) electrons. The standard InChI is InChI=1S/C26H27ClN10O2/c1-3-37-24-18(11-32-37)22-17(10-30-24)25(36-13-20(31-14-36)26(38)35-7-6-16(28)12-35)34-33-23(22)29-9-15-4-5-21(39-2)19(27)8-15/h4-5,8,10-11,13-14,16H,3,6-7,9,12,28H2,1-2H3,(H,29,33)/t16-/m0/s1.